The Bertz CT molecular complexity index is 1930. The van der Waals surface area contributed by atoms with Crippen molar-refractivity contribution in [2.45, 2.75) is 46.8 Å². The zero-order valence-electron chi connectivity index (χ0n) is 30.8. The average Bonchev–Trinajstić information content (AvgIpc) is 3.16. The zero-order chi connectivity index (χ0) is 36.5. The number of pyridine rings is 1. The molecule has 0 bridgehead atoms. The molecule has 0 radical (unpaired) electrons. The summed E-state index contributed by atoms with van der Waals surface area (Å²) in [7, 11) is 0. The van der Waals surface area contributed by atoms with Gasteiger partial charge in [-0.15, -0.1) is 12.4 Å². The van der Waals surface area contributed by atoms with Gasteiger partial charge in [-0.25, -0.2) is 4.98 Å². The Morgan fingerprint density at radius 2 is 1.45 bits per heavy atom. The van der Waals surface area contributed by atoms with Crippen molar-refractivity contribution < 1.29 is 19.0 Å². The number of hydrogen-bond donors (Lipinski definition) is 0. The predicted molar refractivity (Wildman–Crippen MR) is 216 cm³/mol. The maximum absolute atomic E-state index is 13.1. The highest BCUT2D eigenvalue weighted by Crippen LogP contribution is 2.34. The van der Waals surface area contributed by atoms with Gasteiger partial charge in [0.25, 0.3) is 0 Å². The molecule has 2 heterocycles. The van der Waals surface area contributed by atoms with Gasteiger partial charge in [0.2, 0.25) is 11.8 Å². The Balaban J connectivity index is 0.00000541. The number of aryl methyl sites for hydroxylation is 3. The van der Waals surface area contributed by atoms with Crippen molar-refractivity contribution in [3.8, 4) is 23.1 Å². The van der Waals surface area contributed by atoms with Gasteiger partial charge in [0.15, 0.2) is 5.75 Å². The first-order valence-corrected chi connectivity index (χ1v) is 18.2. The fraction of sp³-hybridized carbons (Fsp3) is 0.273. The Morgan fingerprint density at radius 1 is 0.811 bits per heavy atom. The van der Waals surface area contributed by atoms with Crippen molar-refractivity contribution in [2.75, 3.05) is 32.8 Å². The van der Waals surface area contributed by atoms with Crippen LogP contribution in [-0.2, 0) is 17.9 Å². The van der Waals surface area contributed by atoms with E-state index in [9.17, 15) is 4.79 Å². The van der Waals surface area contributed by atoms with E-state index in [1.807, 2.05) is 42.2 Å². The van der Waals surface area contributed by atoms with E-state index >= 15 is 0 Å². The molecule has 0 saturated carbocycles. The van der Waals surface area contributed by atoms with Gasteiger partial charge in [-0.1, -0.05) is 90.3 Å². The van der Waals surface area contributed by atoms with E-state index in [1.165, 1.54) is 22.3 Å². The molecule has 1 aliphatic heterocycles. The molecule has 7 nitrogen and oxygen atoms in total. The van der Waals surface area contributed by atoms with Crippen molar-refractivity contribution >= 4 is 36.0 Å². The number of carbonyl (C=O) groups is 1. The molecule has 53 heavy (non-hydrogen) atoms. The minimum absolute atomic E-state index is 0. The third-order valence-electron chi connectivity index (χ3n) is 9.27. The number of hydrogen-bond acceptors (Lipinski definition) is 6. The van der Waals surface area contributed by atoms with Gasteiger partial charge in [-0.2, -0.15) is 0 Å². The Morgan fingerprint density at radius 3 is 2.09 bits per heavy atom. The van der Waals surface area contributed by atoms with Gasteiger partial charge in [0.1, 0.15) is 18.1 Å². The fourth-order valence-electron chi connectivity index (χ4n) is 6.01. The van der Waals surface area contributed by atoms with Gasteiger partial charge in [-0.3, -0.25) is 9.69 Å². The van der Waals surface area contributed by atoms with Crippen LogP contribution in [0.3, 0.4) is 0 Å². The number of amides is 1. The van der Waals surface area contributed by atoms with Crippen LogP contribution < -0.4 is 14.2 Å². The van der Waals surface area contributed by atoms with E-state index in [-0.39, 0.29) is 18.3 Å². The van der Waals surface area contributed by atoms with Gasteiger partial charge < -0.3 is 19.1 Å². The van der Waals surface area contributed by atoms with Gasteiger partial charge in [0.05, 0.1) is 17.8 Å². The van der Waals surface area contributed by atoms with E-state index in [0.717, 1.165) is 42.1 Å². The zero-order valence-corrected chi connectivity index (χ0v) is 32.3. The highest BCUT2D eigenvalue weighted by molar-refractivity contribution is 6.32. The molecule has 6 rings (SSSR count). The summed E-state index contributed by atoms with van der Waals surface area (Å²) in [6.45, 7) is 13.2. The van der Waals surface area contributed by atoms with Crippen LogP contribution in [0.2, 0.25) is 5.02 Å². The second kappa shape index (κ2) is 18.8. The van der Waals surface area contributed by atoms with Crippen LogP contribution in [-0.4, -0.2) is 53.5 Å². The molecule has 0 spiro atoms. The lowest BCUT2D eigenvalue weighted by molar-refractivity contribution is -0.127. The van der Waals surface area contributed by atoms with Gasteiger partial charge in [-0.05, 0) is 85.0 Å². The number of aromatic nitrogens is 1. The molecule has 276 valence electrons. The highest BCUT2D eigenvalue weighted by atomic mass is 35.5. The number of rotatable bonds is 13. The molecule has 9 heteroatoms. The lowest BCUT2D eigenvalue weighted by Gasteiger charge is -2.34. The second-order valence-corrected chi connectivity index (χ2v) is 14.0. The van der Waals surface area contributed by atoms with Crippen LogP contribution in [0.5, 0.6) is 23.1 Å². The number of benzene rings is 4. The van der Waals surface area contributed by atoms with Crippen molar-refractivity contribution in [2.24, 2.45) is 0 Å². The topological polar surface area (TPSA) is 64.1 Å². The predicted octanol–water partition coefficient (Wildman–Crippen LogP) is 9.99. The summed E-state index contributed by atoms with van der Waals surface area (Å²) in [5.41, 5.74) is 7.73. The molecule has 0 N–H and O–H groups in total. The molecule has 1 unspecified atom stereocenters. The van der Waals surface area contributed by atoms with Crippen LogP contribution in [0.25, 0.3) is 6.08 Å². The molecular weight excluding hydrogens is 705 g/mol. The summed E-state index contributed by atoms with van der Waals surface area (Å²) in [4.78, 5) is 21.8. The minimum Gasteiger partial charge on any atom is -0.493 e. The molecule has 4 aromatic carbocycles. The maximum atomic E-state index is 13.1. The van der Waals surface area contributed by atoms with Crippen molar-refractivity contribution in [1.82, 2.24) is 14.8 Å². The molecule has 1 amide bonds. The van der Waals surface area contributed by atoms with Crippen LogP contribution >= 0.6 is 24.0 Å². The summed E-state index contributed by atoms with van der Waals surface area (Å²) in [6.07, 6.45) is 5.07. The first-order valence-electron chi connectivity index (χ1n) is 17.8. The van der Waals surface area contributed by atoms with E-state index in [0.29, 0.717) is 54.6 Å². The summed E-state index contributed by atoms with van der Waals surface area (Å²) < 4.78 is 17.9. The van der Waals surface area contributed by atoms with Crippen LogP contribution in [0.4, 0.5) is 0 Å². The number of nitrogens with zero attached hydrogens (tertiary/aromatic N) is 3. The van der Waals surface area contributed by atoms with Gasteiger partial charge in [0, 0.05) is 50.8 Å². The summed E-state index contributed by atoms with van der Waals surface area (Å²) in [6, 6.07) is 32.6. The van der Waals surface area contributed by atoms with Crippen molar-refractivity contribution in [3.63, 3.8) is 0 Å². The van der Waals surface area contributed by atoms with Crippen LogP contribution in [0.15, 0.2) is 109 Å². The standard InChI is InChI=1S/C44H46ClN3O4.ClH/c1-31-5-9-36(10-6-31)30-51-40-18-19-42(46-27-40)52-44-33(3)25-37(26-41(44)45)13-20-43(49)48-23-21-47(22-24-48)28-35-11-14-38(15-12-35)34(4)29-50-39-16-7-32(2)8-17-39;/h5-20,25-27,34H,21-24,28-30H2,1-4H3;1H/b20-13+;. The maximum Gasteiger partial charge on any atom is 0.246 e. The Hall–Kier alpha value is -4.82. The number of halogens is 2. The third kappa shape index (κ3) is 11.3. The number of ether oxygens (including phenoxy) is 3. The molecular formula is C44H47Cl2N3O4. The molecule has 1 atom stereocenters. The summed E-state index contributed by atoms with van der Waals surface area (Å²) >= 11 is 6.64. The molecule has 1 fully saturated rings. The van der Waals surface area contributed by atoms with Crippen molar-refractivity contribution in [1.29, 1.82) is 0 Å². The number of carbonyl (C=O) groups excluding carboxylic acids is 1. The molecule has 5 aromatic rings. The quantitative estimate of drug-likeness (QED) is 0.112. The van der Waals surface area contributed by atoms with E-state index < -0.39 is 0 Å². The lowest BCUT2D eigenvalue weighted by Crippen LogP contribution is -2.47. The Kier molecular flexibility index (Phi) is 14.0. The first kappa shape index (κ1) is 39.4. The largest absolute Gasteiger partial charge is 0.493 e. The lowest BCUT2D eigenvalue weighted by atomic mass is 10.0. The van der Waals surface area contributed by atoms with E-state index in [4.69, 9.17) is 25.8 Å². The van der Waals surface area contributed by atoms with Crippen LogP contribution in [0, 0.1) is 20.8 Å². The Labute approximate surface area is 324 Å². The smallest absolute Gasteiger partial charge is 0.246 e. The second-order valence-electron chi connectivity index (χ2n) is 13.6. The first-order chi connectivity index (χ1) is 25.2. The molecule has 1 aromatic heterocycles. The van der Waals surface area contributed by atoms with Crippen LogP contribution in [0.1, 0.15) is 51.8 Å². The third-order valence-corrected chi connectivity index (χ3v) is 9.55. The van der Waals surface area contributed by atoms with E-state index in [2.05, 4.69) is 91.3 Å². The monoisotopic (exact) mass is 751 g/mol. The van der Waals surface area contributed by atoms with Crippen molar-refractivity contribution in [3.05, 3.63) is 153 Å². The van der Waals surface area contributed by atoms with E-state index in [1.54, 1.807) is 24.4 Å². The van der Waals surface area contributed by atoms with Gasteiger partial charge >= 0.3 is 0 Å². The molecule has 1 aliphatic rings. The minimum atomic E-state index is -0.00571. The normalized spacial score (nSPS) is 13.7. The summed E-state index contributed by atoms with van der Waals surface area (Å²) in [5.74, 6) is 2.78. The fourth-order valence-corrected chi connectivity index (χ4v) is 6.33. The molecule has 1 saturated heterocycles. The summed E-state index contributed by atoms with van der Waals surface area (Å²) in [5, 5.41) is 0.445. The molecule has 0 aliphatic carbocycles. The number of piperazine rings is 1. The average molecular weight is 753 g/mol. The highest BCUT2D eigenvalue weighted by Gasteiger charge is 2.20. The SMILES string of the molecule is Cc1ccc(COc2ccc(Oc3c(C)cc(/C=C/C(=O)N4CCN(Cc5ccc(C(C)COc6ccc(C)cc6)cc5)CC4)cc3Cl)nc2)cc1.Cl.